The highest BCUT2D eigenvalue weighted by molar-refractivity contribution is 5.93. The summed E-state index contributed by atoms with van der Waals surface area (Å²) in [5.41, 5.74) is 2.33. The molecule has 0 amide bonds. The molecular formula is C18H25N3O. The van der Waals surface area contributed by atoms with Crippen molar-refractivity contribution in [3.05, 3.63) is 36.0 Å². The fourth-order valence-electron chi connectivity index (χ4n) is 3.53. The minimum atomic E-state index is 0.0815. The van der Waals surface area contributed by atoms with Crippen LogP contribution in [0.5, 0.6) is 0 Å². The van der Waals surface area contributed by atoms with Gasteiger partial charge in [-0.3, -0.25) is 14.3 Å². The Morgan fingerprint density at radius 2 is 2.00 bits per heavy atom. The molecule has 1 fully saturated rings. The van der Waals surface area contributed by atoms with E-state index in [1.165, 1.54) is 10.9 Å². The summed E-state index contributed by atoms with van der Waals surface area (Å²) in [4.78, 5) is 14.5. The Kier molecular flexibility index (Phi) is 4.60. The maximum atomic E-state index is 12.0. The predicted molar refractivity (Wildman–Crippen MR) is 90.3 cm³/mol. The highest BCUT2D eigenvalue weighted by Gasteiger charge is 2.25. The minimum absolute atomic E-state index is 0.0815. The Morgan fingerprint density at radius 3 is 2.68 bits per heavy atom. The fraction of sp³-hybridized carbons (Fsp3) is 0.500. The normalized spacial score (nSPS) is 17.7. The van der Waals surface area contributed by atoms with Crippen LogP contribution in [0.15, 0.2) is 30.5 Å². The number of fused-ring (bicyclic) bond motifs is 1. The van der Waals surface area contributed by atoms with Gasteiger partial charge in [-0.05, 0) is 18.1 Å². The number of aromatic nitrogens is 1. The molecule has 1 aliphatic rings. The molecular weight excluding hydrogens is 274 g/mol. The summed E-state index contributed by atoms with van der Waals surface area (Å²) in [6.07, 6.45) is 4.34. The van der Waals surface area contributed by atoms with E-state index in [2.05, 4.69) is 35.5 Å². The minimum Gasteiger partial charge on any atom is -0.314 e. The number of piperazine rings is 1. The van der Waals surface area contributed by atoms with Crippen LogP contribution in [0.4, 0.5) is 0 Å². The molecule has 1 saturated heterocycles. The Morgan fingerprint density at radius 1 is 1.27 bits per heavy atom. The molecule has 1 N–H and O–H groups in total. The van der Waals surface area contributed by atoms with Crippen LogP contribution in [-0.2, 0) is 0 Å². The highest BCUT2D eigenvalue weighted by Crippen LogP contribution is 2.33. The second-order valence-electron chi connectivity index (χ2n) is 6.08. The van der Waals surface area contributed by atoms with Crippen molar-refractivity contribution in [2.45, 2.75) is 32.7 Å². The molecule has 0 radical (unpaired) electrons. The quantitative estimate of drug-likeness (QED) is 0.943. The van der Waals surface area contributed by atoms with Crippen molar-refractivity contribution in [1.82, 2.24) is 14.8 Å². The first kappa shape index (κ1) is 15.3. The second-order valence-corrected chi connectivity index (χ2v) is 6.08. The van der Waals surface area contributed by atoms with E-state index in [0.717, 1.165) is 44.5 Å². The molecule has 22 heavy (non-hydrogen) atoms. The van der Waals surface area contributed by atoms with Gasteiger partial charge in [0.15, 0.2) is 0 Å². The van der Waals surface area contributed by atoms with Gasteiger partial charge in [0.2, 0.25) is 5.91 Å². The highest BCUT2D eigenvalue weighted by atomic mass is 16.1. The van der Waals surface area contributed by atoms with Crippen molar-refractivity contribution < 1.29 is 4.79 Å². The molecule has 118 valence electrons. The van der Waals surface area contributed by atoms with Crippen molar-refractivity contribution in [2.24, 2.45) is 0 Å². The smallest absolute Gasteiger partial charge is 0.227 e. The number of carbonyl (C=O) groups is 1. The number of rotatable bonds is 4. The monoisotopic (exact) mass is 299 g/mol. The van der Waals surface area contributed by atoms with Crippen LogP contribution in [0.3, 0.4) is 0 Å². The topological polar surface area (TPSA) is 37.3 Å². The van der Waals surface area contributed by atoms with E-state index in [4.69, 9.17) is 0 Å². The third-order valence-corrected chi connectivity index (χ3v) is 4.60. The number of hydrogen-bond donors (Lipinski definition) is 1. The Hall–Kier alpha value is -1.65. The summed E-state index contributed by atoms with van der Waals surface area (Å²) in [5.74, 6) is 0.0815. The lowest BCUT2D eigenvalue weighted by Gasteiger charge is -2.35. The summed E-state index contributed by atoms with van der Waals surface area (Å²) in [6, 6.07) is 8.66. The lowest BCUT2D eigenvalue weighted by Crippen LogP contribution is -2.45. The molecule has 3 rings (SSSR count). The van der Waals surface area contributed by atoms with Crippen molar-refractivity contribution in [3.63, 3.8) is 0 Å². The molecule has 2 heterocycles. The average Bonchev–Trinajstić information content (AvgIpc) is 2.93. The maximum absolute atomic E-state index is 12.0. The molecule has 0 bridgehead atoms. The molecule has 0 unspecified atom stereocenters. The first-order valence-electron chi connectivity index (χ1n) is 8.28. The fourth-order valence-corrected chi connectivity index (χ4v) is 3.53. The SMILES string of the molecule is CCC[C@H](c1cn(C(C)=O)c2ccccc12)N1CCNCC1. The standard InChI is InChI=1S/C18H25N3O/c1-3-6-17(20-11-9-19-10-12-20)16-13-21(14(2)22)18-8-5-4-7-15(16)18/h4-5,7-8,13,17,19H,3,6,9-12H2,1-2H3/t17-/m1/s1. The van der Waals surface area contributed by atoms with E-state index in [0.29, 0.717) is 6.04 Å². The largest absolute Gasteiger partial charge is 0.314 e. The summed E-state index contributed by atoms with van der Waals surface area (Å²) in [7, 11) is 0. The molecule has 1 aromatic heterocycles. The molecule has 4 heteroatoms. The van der Waals surface area contributed by atoms with Gasteiger partial charge in [-0.2, -0.15) is 0 Å². The van der Waals surface area contributed by atoms with Gasteiger partial charge in [0.05, 0.1) is 5.52 Å². The van der Waals surface area contributed by atoms with Gasteiger partial charge in [0, 0.05) is 50.7 Å². The van der Waals surface area contributed by atoms with E-state index in [1.807, 2.05) is 12.1 Å². The van der Waals surface area contributed by atoms with Gasteiger partial charge in [-0.25, -0.2) is 0 Å². The van der Waals surface area contributed by atoms with E-state index >= 15 is 0 Å². The van der Waals surface area contributed by atoms with Crippen molar-refractivity contribution in [1.29, 1.82) is 0 Å². The number of hydrogen-bond acceptors (Lipinski definition) is 3. The molecule has 1 atom stereocenters. The van der Waals surface area contributed by atoms with Crippen LogP contribution >= 0.6 is 0 Å². The number of nitrogens with zero attached hydrogens (tertiary/aromatic N) is 2. The predicted octanol–water partition coefficient (Wildman–Crippen LogP) is 3.05. The Balaban J connectivity index is 2.06. The van der Waals surface area contributed by atoms with E-state index < -0.39 is 0 Å². The Bertz CT molecular complexity index is 655. The van der Waals surface area contributed by atoms with E-state index in [1.54, 1.807) is 11.5 Å². The summed E-state index contributed by atoms with van der Waals surface area (Å²) < 4.78 is 1.80. The molecule has 0 spiro atoms. The van der Waals surface area contributed by atoms with Gasteiger partial charge < -0.3 is 5.32 Å². The van der Waals surface area contributed by atoms with Crippen LogP contribution in [0.25, 0.3) is 10.9 Å². The lowest BCUT2D eigenvalue weighted by molar-refractivity contribution is 0.0941. The average molecular weight is 299 g/mol. The van der Waals surface area contributed by atoms with Crippen molar-refractivity contribution in [2.75, 3.05) is 26.2 Å². The van der Waals surface area contributed by atoms with Gasteiger partial charge in [-0.15, -0.1) is 0 Å². The summed E-state index contributed by atoms with van der Waals surface area (Å²) >= 11 is 0. The van der Waals surface area contributed by atoms with Crippen LogP contribution in [0.2, 0.25) is 0 Å². The van der Waals surface area contributed by atoms with Crippen LogP contribution in [0.1, 0.15) is 43.1 Å². The van der Waals surface area contributed by atoms with E-state index in [-0.39, 0.29) is 5.91 Å². The van der Waals surface area contributed by atoms with Gasteiger partial charge >= 0.3 is 0 Å². The zero-order chi connectivity index (χ0) is 15.5. The third-order valence-electron chi connectivity index (χ3n) is 4.60. The second kappa shape index (κ2) is 6.63. The number of nitrogens with one attached hydrogen (secondary N) is 1. The molecule has 1 aliphatic heterocycles. The van der Waals surface area contributed by atoms with Crippen molar-refractivity contribution >= 4 is 16.8 Å². The maximum Gasteiger partial charge on any atom is 0.227 e. The molecule has 4 nitrogen and oxygen atoms in total. The summed E-state index contributed by atoms with van der Waals surface area (Å²) in [6.45, 7) is 8.11. The number of carbonyl (C=O) groups excluding carboxylic acids is 1. The molecule has 0 aliphatic carbocycles. The van der Waals surface area contributed by atoms with Crippen LogP contribution < -0.4 is 5.32 Å². The number of benzene rings is 1. The van der Waals surface area contributed by atoms with Crippen LogP contribution in [0, 0.1) is 0 Å². The van der Waals surface area contributed by atoms with Gasteiger partial charge in [-0.1, -0.05) is 31.5 Å². The van der Waals surface area contributed by atoms with Crippen LogP contribution in [-0.4, -0.2) is 41.6 Å². The first-order valence-corrected chi connectivity index (χ1v) is 8.28. The molecule has 2 aromatic rings. The summed E-state index contributed by atoms with van der Waals surface area (Å²) in [5, 5.41) is 4.64. The zero-order valence-corrected chi connectivity index (χ0v) is 13.5. The molecule has 0 saturated carbocycles. The van der Waals surface area contributed by atoms with Gasteiger partial charge in [0.1, 0.15) is 0 Å². The number of para-hydroxylation sites is 1. The first-order chi connectivity index (χ1) is 10.7. The van der Waals surface area contributed by atoms with Gasteiger partial charge in [0.25, 0.3) is 0 Å². The Labute approximate surface area is 132 Å². The lowest BCUT2D eigenvalue weighted by atomic mass is 9.99. The third kappa shape index (κ3) is 2.81. The molecule has 1 aromatic carbocycles. The van der Waals surface area contributed by atoms with E-state index in [9.17, 15) is 4.79 Å². The van der Waals surface area contributed by atoms with Crippen molar-refractivity contribution in [3.8, 4) is 0 Å². The zero-order valence-electron chi connectivity index (χ0n) is 13.5.